The molecule has 1 fully saturated rings. The lowest BCUT2D eigenvalue weighted by atomic mass is 10.2. The van der Waals surface area contributed by atoms with E-state index < -0.39 is 6.03 Å². The first-order chi connectivity index (χ1) is 12.2. The number of methoxy groups -OCH3 is 2. The summed E-state index contributed by atoms with van der Waals surface area (Å²) in [6.45, 7) is 0.814. The van der Waals surface area contributed by atoms with Crippen LogP contribution in [0.1, 0.15) is 30.7 Å². The summed E-state index contributed by atoms with van der Waals surface area (Å²) in [5.74, 6) is 1.45. The summed E-state index contributed by atoms with van der Waals surface area (Å²) in [5.41, 5.74) is 0.411. The van der Waals surface area contributed by atoms with E-state index in [4.69, 9.17) is 18.7 Å². The van der Waals surface area contributed by atoms with Gasteiger partial charge in [-0.1, -0.05) is 5.16 Å². The minimum absolute atomic E-state index is 0.119. The minimum Gasteiger partial charge on any atom is -0.481 e. The second-order valence-corrected chi connectivity index (χ2v) is 5.27. The zero-order valence-electron chi connectivity index (χ0n) is 13.9. The molecule has 1 aliphatic heterocycles. The van der Waals surface area contributed by atoms with Crippen molar-refractivity contribution in [3.8, 4) is 11.8 Å². The maximum Gasteiger partial charge on any atom is 0.319 e. The fourth-order valence-electron chi connectivity index (χ4n) is 2.36. The van der Waals surface area contributed by atoms with Crippen LogP contribution >= 0.6 is 0 Å². The summed E-state index contributed by atoms with van der Waals surface area (Å²) in [6, 6.07) is 2.80. The quantitative estimate of drug-likeness (QED) is 0.807. The molecule has 1 saturated heterocycles. The Morgan fingerprint density at radius 2 is 2.20 bits per heavy atom. The van der Waals surface area contributed by atoms with Crippen molar-refractivity contribution in [1.82, 2.24) is 20.4 Å². The van der Waals surface area contributed by atoms with Gasteiger partial charge in [-0.15, -0.1) is 0 Å². The topological polar surface area (TPSA) is 121 Å². The van der Waals surface area contributed by atoms with Crippen LogP contribution in [-0.4, -0.2) is 42.0 Å². The summed E-state index contributed by atoms with van der Waals surface area (Å²) in [5, 5.41) is 9.12. The van der Waals surface area contributed by atoms with E-state index in [1.165, 1.54) is 14.2 Å². The number of hydrogen-bond donors (Lipinski definition) is 2. The zero-order chi connectivity index (χ0) is 17.6. The SMILES string of the molecule is COc1ccc(NC(=O)NCc2noc([C@@H]3CCCO3)n2)c(OC)n1. The number of ether oxygens (including phenoxy) is 3. The predicted molar refractivity (Wildman–Crippen MR) is 85.4 cm³/mol. The average molecular weight is 349 g/mol. The first-order valence-corrected chi connectivity index (χ1v) is 7.77. The number of carbonyl (C=O) groups is 1. The molecule has 0 saturated carbocycles. The number of aromatic nitrogens is 3. The van der Waals surface area contributed by atoms with Gasteiger partial charge in [-0.2, -0.15) is 9.97 Å². The van der Waals surface area contributed by atoms with Gasteiger partial charge in [-0.05, 0) is 18.9 Å². The molecule has 25 heavy (non-hydrogen) atoms. The van der Waals surface area contributed by atoms with Gasteiger partial charge in [0.2, 0.25) is 11.8 Å². The van der Waals surface area contributed by atoms with Crippen LogP contribution in [0.4, 0.5) is 10.5 Å². The smallest absolute Gasteiger partial charge is 0.319 e. The lowest BCUT2D eigenvalue weighted by molar-refractivity contribution is 0.0835. The van der Waals surface area contributed by atoms with Crippen molar-refractivity contribution < 1.29 is 23.5 Å². The summed E-state index contributed by atoms with van der Waals surface area (Å²) in [4.78, 5) is 20.3. The molecule has 0 spiro atoms. The Morgan fingerprint density at radius 1 is 1.32 bits per heavy atom. The summed E-state index contributed by atoms with van der Waals surface area (Å²) >= 11 is 0. The average Bonchev–Trinajstić information content (AvgIpc) is 3.31. The second kappa shape index (κ2) is 7.79. The van der Waals surface area contributed by atoms with E-state index in [0.717, 1.165) is 12.8 Å². The normalized spacial score (nSPS) is 16.5. The van der Waals surface area contributed by atoms with Gasteiger partial charge in [0.05, 0.1) is 20.8 Å². The highest BCUT2D eigenvalue weighted by Gasteiger charge is 2.23. The van der Waals surface area contributed by atoms with Gasteiger partial charge >= 0.3 is 6.03 Å². The molecular weight excluding hydrogens is 330 g/mol. The summed E-state index contributed by atoms with van der Waals surface area (Å²) < 4.78 is 20.8. The highest BCUT2D eigenvalue weighted by atomic mass is 16.5. The van der Waals surface area contributed by atoms with Crippen LogP contribution < -0.4 is 20.1 Å². The molecule has 2 aromatic heterocycles. The minimum atomic E-state index is -0.450. The molecule has 2 N–H and O–H groups in total. The van der Waals surface area contributed by atoms with Gasteiger partial charge in [-0.3, -0.25) is 0 Å². The van der Waals surface area contributed by atoms with Gasteiger partial charge in [0.25, 0.3) is 5.89 Å². The number of hydrogen-bond acceptors (Lipinski definition) is 8. The fraction of sp³-hybridized carbons (Fsp3) is 0.467. The van der Waals surface area contributed by atoms with Crippen molar-refractivity contribution in [1.29, 1.82) is 0 Å². The van der Waals surface area contributed by atoms with Crippen molar-refractivity contribution in [3.05, 3.63) is 23.8 Å². The lowest BCUT2D eigenvalue weighted by Gasteiger charge is -2.10. The molecule has 0 bridgehead atoms. The Bertz CT molecular complexity index is 729. The highest BCUT2D eigenvalue weighted by molar-refractivity contribution is 5.90. The number of nitrogens with zero attached hydrogens (tertiary/aromatic N) is 3. The summed E-state index contributed by atoms with van der Waals surface area (Å²) in [7, 11) is 2.95. The van der Waals surface area contributed by atoms with Crippen molar-refractivity contribution in [2.75, 3.05) is 26.1 Å². The number of pyridine rings is 1. The largest absolute Gasteiger partial charge is 0.481 e. The van der Waals surface area contributed by atoms with Crippen LogP contribution in [-0.2, 0) is 11.3 Å². The monoisotopic (exact) mass is 349 g/mol. The van der Waals surface area contributed by atoms with Crippen LogP contribution in [0.5, 0.6) is 11.8 Å². The van der Waals surface area contributed by atoms with Crippen LogP contribution in [0.25, 0.3) is 0 Å². The van der Waals surface area contributed by atoms with Gasteiger partial charge < -0.3 is 29.4 Å². The molecule has 0 aliphatic carbocycles. The van der Waals surface area contributed by atoms with Crippen LogP contribution in [0, 0.1) is 0 Å². The molecule has 10 heteroatoms. The molecule has 3 rings (SSSR count). The number of anilines is 1. The molecular formula is C15H19N5O5. The van der Waals surface area contributed by atoms with E-state index in [9.17, 15) is 4.79 Å². The molecule has 3 heterocycles. The number of nitrogens with one attached hydrogen (secondary N) is 2. The van der Waals surface area contributed by atoms with Crippen molar-refractivity contribution in [2.24, 2.45) is 0 Å². The number of urea groups is 1. The van der Waals surface area contributed by atoms with Crippen LogP contribution in [0.3, 0.4) is 0 Å². The Morgan fingerprint density at radius 3 is 2.92 bits per heavy atom. The Hall–Kier alpha value is -2.88. The molecule has 0 radical (unpaired) electrons. The third-order valence-electron chi connectivity index (χ3n) is 3.58. The van der Waals surface area contributed by atoms with Crippen LogP contribution in [0.2, 0.25) is 0 Å². The molecule has 134 valence electrons. The molecule has 1 aliphatic rings. The second-order valence-electron chi connectivity index (χ2n) is 5.27. The van der Waals surface area contributed by atoms with Crippen molar-refractivity contribution in [2.45, 2.75) is 25.5 Å². The van der Waals surface area contributed by atoms with Crippen molar-refractivity contribution in [3.63, 3.8) is 0 Å². The number of amides is 2. The highest BCUT2D eigenvalue weighted by Crippen LogP contribution is 2.27. The maximum atomic E-state index is 12.0. The molecule has 10 nitrogen and oxygen atoms in total. The number of rotatable bonds is 6. The van der Waals surface area contributed by atoms with E-state index in [1.807, 2.05) is 0 Å². The first-order valence-electron chi connectivity index (χ1n) is 7.77. The maximum absolute atomic E-state index is 12.0. The Labute approximate surface area is 143 Å². The molecule has 2 amide bonds. The van der Waals surface area contributed by atoms with Gasteiger partial charge in [0.1, 0.15) is 11.8 Å². The first kappa shape index (κ1) is 17.0. The Balaban J connectivity index is 1.54. The molecule has 2 aromatic rings. The van der Waals surface area contributed by atoms with E-state index in [2.05, 4.69) is 25.8 Å². The van der Waals surface area contributed by atoms with Crippen molar-refractivity contribution >= 4 is 11.7 Å². The van der Waals surface area contributed by atoms with E-state index in [-0.39, 0.29) is 18.5 Å². The van der Waals surface area contributed by atoms with Gasteiger partial charge in [-0.25, -0.2) is 4.79 Å². The van der Waals surface area contributed by atoms with E-state index in [0.29, 0.717) is 29.9 Å². The molecule has 0 aromatic carbocycles. The predicted octanol–water partition coefficient (Wildman–Crippen LogP) is 1.66. The fourth-order valence-corrected chi connectivity index (χ4v) is 2.36. The third kappa shape index (κ3) is 4.15. The van der Waals surface area contributed by atoms with Gasteiger partial charge in [0.15, 0.2) is 5.82 Å². The van der Waals surface area contributed by atoms with E-state index in [1.54, 1.807) is 12.1 Å². The van der Waals surface area contributed by atoms with E-state index >= 15 is 0 Å². The lowest BCUT2D eigenvalue weighted by Crippen LogP contribution is -2.28. The Kier molecular flexibility index (Phi) is 5.29. The number of carbonyl (C=O) groups excluding carboxylic acids is 1. The van der Waals surface area contributed by atoms with Crippen LogP contribution in [0.15, 0.2) is 16.7 Å². The van der Waals surface area contributed by atoms with Gasteiger partial charge in [0, 0.05) is 12.7 Å². The third-order valence-corrected chi connectivity index (χ3v) is 3.58. The molecule has 1 atom stereocenters. The zero-order valence-corrected chi connectivity index (χ0v) is 13.9. The summed E-state index contributed by atoms with van der Waals surface area (Å²) in [6.07, 6.45) is 1.69. The standard InChI is InChI=1S/C15H19N5O5/c1-22-12-6-5-9(13(19-12)23-2)17-15(21)16-8-11-18-14(25-20-11)10-4-3-7-24-10/h5-6,10H,3-4,7-8H2,1-2H3,(H2,16,17,21)/t10-/m0/s1. The molecule has 0 unspecified atom stereocenters.